The molecule has 2 atom stereocenters. The van der Waals surface area contributed by atoms with E-state index in [2.05, 4.69) is 10.6 Å². The van der Waals surface area contributed by atoms with Gasteiger partial charge in [0.2, 0.25) is 5.91 Å². The van der Waals surface area contributed by atoms with Gasteiger partial charge in [-0.25, -0.2) is 9.59 Å². The molecular formula is C17H32N2O5. The predicted octanol–water partition coefficient (Wildman–Crippen LogP) is 2.39. The zero-order valence-electron chi connectivity index (χ0n) is 15.4. The monoisotopic (exact) mass is 344 g/mol. The molecule has 0 aliphatic carbocycles. The van der Waals surface area contributed by atoms with Crippen LogP contribution >= 0.6 is 0 Å². The molecule has 0 saturated carbocycles. The first-order valence-corrected chi connectivity index (χ1v) is 8.82. The van der Waals surface area contributed by atoms with E-state index in [1.54, 1.807) is 0 Å². The Balaban J connectivity index is 4.33. The Morgan fingerprint density at radius 1 is 0.958 bits per heavy atom. The molecule has 0 radical (unpaired) electrons. The second-order valence-electron chi connectivity index (χ2n) is 5.79. The van der Waals surface area contributed by atoms with Crippen molar-refractivity contribution in [3.63, 3.8) is 0 Å². The summed E-state index contributed by atoms with van der Waals surface area (Å²) in [7, 11) is 0. The largest absolute Gasteiger partial charge is 0.464 e. The lowest BCUT2D eigenvalue weighted by Gasteiger charge is -2.22. The van der Waals surface area contributed by atoms with E-state index in [0.29, 0.717) is 13.2 Å². The number of amides is 2. The maximum atomic E-state index is 12.1. The minimum absolute atomic E-state index is 0.0559. The minimum atomic E-state index is -0.711. The van der Waals surface area contributed by atoms with Crippen LogP contribution in [0.5, 0.6) is 0 Å². The number of nitrogens with one attached hydrogen (secondary N) is 2. The smallest absolute Gasteiger partial charge is 0.407 e. The van der Waals surface area contributed by atoms with Crippen LogP contribution in [-0.4, -0.2) is 43.8 Å². The molecule has 7 nitrogen and oxygen atoms in total. The van der Waals surface area contributed by atoms with Gasteiger partial charge in [0.15, 0.2) is 0 Å². The molecule has 0 aromatic carbocycles. The van der Waals surface area contributed by atoms with E-state index >= 15 is 0 Å². The summed E-state index contributed by atoms with van der Waals surface area (Å²) in [6, 6.07) is -0.711. The Labute approximate surface area is 144 Å². The van der Waals surface area contributed by atoms with Crippen LogP contribution in [0.3, 0.4) is 0 Å². The fourth-order valence-corrected chi connectivity index (χ4v) is 1.81. The van der Waals surface area contributed by atoms with E-state index in [-0.39, 0.29) is 12.5 Å². The first-order chi connectivity index (χ1) is 11.5. The maximum absolute atomic E-state index is 12.1. The van der Waals surface area contributed by atoms with E-state index in [1.807, 2.05) is 27.7 Å². The quantitative estimate of drug-likeness (QED) is 0.419. The van der Waals surface area contributed by atoms with Crippen molar-refractivity contribution >= 4 is 18.0 Å². The number of hydrogen-bond acceptors (Lipinski definition) is 5. The average molecular weight is 344 g/mol. The summed E-state index contributed by atoms with van der Waals surface area (Å²) < 4.78 is 10.1. The highest BCUT2D eigenvalue weighted by Crippen LogP contribution is 2.10. The summed E-state index contributed by atoms with van der Waals surface area (Å²) in [5, 5.41) is 5.00. The second kappa shape index (κ2) is 13.6. The molecule has 0 saturated heterocycles. The Bertz CT molecular complexity index is 387. The molecule has 2 N–H and O–H groups in total. The van der Waals surface area contributed by atoms with Gasteiger partial charge >= 0.3 is 12.1 Å². The number of carbonyl (C=O) groups excluding carboxylic acids is 3. The van der Waals surface area contributed by atoms with Crippen LogP contribution in [0, 0.1) is 5.92 Å². The highest BCUT2D eigenvalue weighted by atomic mass is 16.5. The van der Waals surface area contributed by atoms with Crippen molar-refractivity contribution in [1.82, 2.24) is 10.6 Å². The van der Waals surface area contributed by atoms with Crippen LogP contribution in [-0.2, 0) is 19.1 Å². The molecule has 7 heteroatoms. The number of rotatable bonds is 12. The first kappa shape index (κ1) is 22.2. The van der Waals surface area contributed by atoms with Gasteiger partial charge in [0.1, 0.15) is 12.6 Å². The maximum Gasteiger partial charge on any atom is 0.407 e. The van der Waals surface area contributed by atoms with Gasteiger partial charge in [-0.3, -0.25) is 4.79 Å². The summed E-state index contributed by atoms with van der Waals surface area (Å²) in [6.45, 7) is 8.24. The molecule has 0 rings (SSSR count). The van der Waals surface area contributed by atoms with Gasteiger partial charge in [0, 0.05) is 0 Å². The average Bonchev–Trinajstić information content (AvgIpc) is 2.57. The predicted molar refractivity (Wildman–Crippen MR) is 91.5 cm³/mol. The molecule has 0 aliphatic rings. The van der Waals surface area contributed by atoms with E-state index in [9.17, 15) is 14.4 Å². The van der Waals surface area contributed by atoms with E-state index in [4.69, 9.17) is 9.47 Å². The molecule has 0 fully saturated rings. The molecular weight excluding hydrogens is 312 g/mol. The number of alkyl carbamates (subject to hydrolysis) is 1. The van der Waals surface area contributed by atoms with E-state index in [1.165, 1.54) is 0 Å². The molecule has 0 bridgehead atoms. The molecule has 0 heterocycles. The first-order valence-electron chi connectivity index (χ1n) is 8.82. The fraction of sp³-hybridized carbons (Fsp3) is 0.824. The molecule has 140 valence electrons. The normalized spacial score (nSPS) is 12.8. The number of ether oxygens (including phenoxy) is 2. The Kier molecular flexibility index (Phi) is 12.6. The fourth-order valence-electron chi connectivity index (χ4n) is 1.81. The van der Waals surface area contributed by atoms with Crippen molar-refractivity contribution in [1.29, 1.82) is 0 Å². The molecule has 0 aromatic rings. The lowest BCUT2D eigenvalue weighted by atomic mass is 9.99. The highest BCUT2D eigenvalue weighted by molar-refractivity contribution is 5.87. The minimum Gasteiger partial charge on any atom is -0.464 e. The van der Waals surface area contributed by atoms with Crippen molar-refractivity contribution in [2.24, 2.45) is 5.92 Å². The summed E-state index contributed by atoms with van der Waals surface area (Å²) in [6.07, 6.45) is 3.50. The summed E-state index contributed by atoms with van der Waals surface area (Å²) in [4.78, 5) is 35.5. The van der Waals surface area contributed by atoms with Crippen LogP contribution in [0.25, 0.3) is 0 Å². The van der Waals surface area contributed by atoms with Crippen LogP contribution in [0.4, 0.5) is 4.79 Å². The Morgan fingerprint density at radius 3 is 2.08 bits per heavy atom. The second-order valence-corrected chi connectivity index (χ2v) is 5.79. The highest BCUT2D eigenvalue weighted by Gasteiger charge is 2.27. The van der Waals surface area contributed by atoms with E-state index < -0.39 is 24.0 Å². The standard InChI is InChI=1S/C17H32N2O5/c1-5-8-10-23-16(21)15(13(4)7-3)19-14(20)12-18-17(22)24-11-9-6-2/h13,15H,5-12H2,1-4H3,(H,18,22)(H,19,20). The number of hydrogen-bond donors (Lipinski definition) is 2. The zero-order chi connectivity index (χ0) is 18.4. The van der Waals surface area contributed by atoms with Crippen LogP contribution < -0.4 is 10.6 Å². The van der Waals surface area contributed by atoms with Gasteiger partial charge in [-0.05, 0) is 18.8 Å². The van der Waals surface area contributed by atoms with Gasteiger partial charge in [0.05, 0.1) is 13.2 Å². The van der Waals surface area contributed by atoms with Gasteiger partial charge in [-0.1, -0.05) is 47.0 Å². The summed E-state index contributed by atoms with van der Waals surface area (Å²) in [5.41, 5.74) is 0. The Hall–Kier alpha value is -1.79. The van der Waals surface area contributed by atoms with Crippen LogP contribution in [0.15, 0.2) is 0 Å². The van der Waals surface area contributed by atoms with Crippen molar-refractivity contribution in [3.05, 3.63) is 0 Å². The van der Waals surface area contributed by atoms with Gasteiger partial charge < -0.3 is 20.1 Å². The van der Waals surface area contributed by atoms with Crippen molar-refractivity contribution < 1.29 is 23.9 Å². The van der Waals surface area contributed by atoms with Crippen molar-refractivity contribution in [2.45, 2.75) is 65.8 Å². The topological polar surface area (TPSA) is 93.7 Å². The SMILES string of the molecule is CCCCOC(=O)NCC(=O)NC(C(=O)OCCCC)C(C)CC. The molecule has 24 heavy (non-hydrogen) atoms. The lowest BCUT2D eigenvalue weighted by molar-refractivity contribution is -0.149. The van der Waals surface area contributed by atoms with Crippen molar-refractivity contribution in [2.75, 3.05) is 19.8 Å². The van der Waals surface area contributed by atoms with Crippen LogP contribution in [0.1, 0.15) is 59.8 Å². The summed E-state index contributed by atoms with van der Waals surface area (Å²) >= 11 is 0. The Morgan fingerprint density at radius 2 is 1.54 bits per heavy atom. The number of unbranched alkanes of at least 4 members (excludes halogenated alkanes) is 2. The molecule has 0 aliphatic heterocycles. The third kappa shape index (κ3) is 10.1. The third-order valence-electron chi connectivity index (χ3n) is 3.65. The van der Waals surface area contributed by atoms with Crippen LogP contribution in [0.2, 0.25) is 0 Å². The molecule has 0 spiro atoms. The number of carbonyl (C=O) groups is 3. The van der Waals surface area contributed by atoms with E-state index in [0.717, 1.165) is 32.1 Å². The zero-order valence-corrected chi connectivity index (χ0v) is 15.4. The molecule has 0 aromatic heterocycles. The van der Waals surface area contributed by atoms with Crippen molar-refractivity contribution in [3.8, 4) is 0 Å². The summed E-state index contributed by atoms with van der Waals surface area (Å²) in [5.74, 6) is -0.934. The number of esters is 1. The third-order valence-corrected chi connectivity index (χ3v) is 3.65. The molecule has 2 unspecified atom stereocenters. The van der Waals surface area contributed by atoms with Gasteiger partial charge in [-0.15, -0.1) is 0 Å². The van der Waals surface area contributed by atoms with Gasteiger partial charge in [-0.2, -0.15) is 0 Å². The van der Waals surface area contributed by atoms with Gasteiger partial charge in [0.25, 0.3) is 0 Å². The molecule has 2 amide bonds. The lowest BCUT2D eigenvalue weighted by Crippen LogP contribution is -2.49.